The molecule has 0 aromatic heterocycles. The molecule has 128 valence electrons. The number of thioether (sulfide) groups is 1. The number of rotatable bonds is 4. The Labute approximate surface area is 143 Å². The van der Waals surface area contributed by atoms with E-state index in [0.717, 1.165) is 0 Å². The molecule has 1 aliphatic heterocycles. The van der Waals surface area contributed by atoms with E-state index in [1.807, 2.05) is 0 Å². The molecule has 0 fully saturated rings. The highest BCUT2D eigenvalue weighted by molar-refractivity contribution is 7.99. The first-order chi connectivity index (χ1) is 11.5. The Morgan fingerprint density at radius 2 is 1.71 bits per heavy atom. The van der Waals surface area contributed by atoms with E-state index in [-0.39, 0.29) is 29.6 Å². The van der Waals surface area contributed by atoms with E-state index in [2.05, 4.69) is 0 Å². The fraction of sp³-hybridized carbons (Fsp3) is 0.294. The van der Waals surface area contributed by atoms with Crippen molar-refractivity contribution in [1.29, 1.82) is 0 Å². The van der Waals surface area contributed by atoms with Gasteiger partial charge in [0.2, 0.25) is 0 Å². The molecule has 3 rings (SSSR count). The minimum atomic E-state index is -0.978. The number of fused-ring (bicyclic) bond motifs is 1. The molecule has 2 aromatic carbocycles. The van der Waals surface area contributed by atoms with E-state index in [1.165, 1.54) is 36.0 Å². The molecule has 0 spiro atoms. The number of aliphatic hydroxyl groups excluding tert-OH is 2. The average Bonchev–Trinajstić information content (AvgIpc) is 2.54. The molecule has 24 heavy (non-hydrogen) atoms. The van der Waals surface area contributed by atoms with Crippen LogP contribution in [-0.4, -0.2) is 44.0 Å². The summed E-state index contributed by atoms with van der Waals surface area (Å²) >= 11 is 1.30. The average molecular weight is 350 g/mol. The lowest BCUT2D eigenvalue weighted by Gasteiger charge is -2.37. The molecule has 0 aliphatic carbocycles. The zero-order chi connectivity index (χ0) is 17.3. The maximum atomic E-state index is 10.8. The fourth-order valence-corrected chi connectivity index (χ4v) is 3.91. The molecule has 0 saturated carbocycles. The zero-order valence-electron chi connectivity index (χ0n) is 12.7. The van der Waals surface area contributed by atoms with Crippen molar-refractivity contribution in [1.82, 2.24) is 0 Å². The molecular formula is C17H18O6S. The van der Waals surface area contributed by atoms with Crippen LogP contribution in [0.15, 0.2) is 36.4 Å². The van der Waals surface area contributed by atoms with Crippen molar-refractivity contribution in [3.05, 3.63) is 47.5 Å². The fourth-order valence-electron chi connectivity index (χ4n) is 2.81. The molecule has 0 amide bonds. The van der Waals surface area contributed by atoms with Gasteiger partial charge in [-0.2, -0.15) is 0 Å². The number of benzene rings is 2. The SMILES string of the molecule is OCCS[C@H]1c2c(O)cc(O)cc2O[C@H](c2ccc(O)cc2)[C@@H]1O. The molecule has 1 heterocycles. The maximum Gasteiger partial charge on any atom is 0.151 e. The van der Waals surface area contributed by atoms with Crippen molar-refractivity contribution in [3.63, 3.8) is 0 Å². The molecule has 0 bridgehead atoms. The Morgan fingerprint density at radius 3 is 2.38 bits per heavy atom. The van der Waals surface area contributed by atoms with Gasteiger partial charge in [0.1, 0.15) is 29.1 Å². The summed E-state index contributed by atoms with van der Waals surface area (Å²) in [6, 6.07) is 8.87. The van der Waals surface area contributed by atoms with Crippen LogP contribution in [0.5, 0.6) is 23.0 Å². The van der Waals surface area contributed by atoms with Crippen molar-refractivity contribution in [3.8, 4) is 23.0 Å². The van der Waals surface area contributed by atoms with Gasteiger partial charge in [0.15, 0.2) is 6.10 Å². The first-order valence-electron chi connectivity index (χ1n) is 7.43. The van der Waals surface area contributed by atoms with Gasteiger partial charge in [-0.15, -0.1) is 11.8 Å². The molecule has 0 radical (unpaired) electrons. The summed E-state index contributed by atoms with van der Waals surface area (Å²) in [5, 5.41) is 48.6. The monoisotopic (exact) mass is 350 g/mol. The molecule has 3 atom stereocenters. The molecule has 6 nitrogen and oxygen atoms in total. The Hall–Kier alpha value is -2.09. The van der Waals surface area contributed by atoms with Crippen LogP contribution in [-0.2, 0) is 0 Å². The van der Waals surface area contributed by atoms with Crippen LogP contribution < -0.4 is 4.74 Å². The zero-order valence-corrected chi connectivity index (χ0v) is 13.5. The second kappa shape index (κ2) is 6.80. The van der Waals surface area contributed by atoms with Crippen molar-refractivity contribution in [2.24, 2.45) is 0 Å². The van der Waals surface area contributed by atoms with Crippen LogP contribution in [0.2, 0.25) is 0 Å². The topological polar surface area (TPSA) is 110 Å². The molecule has 1 aliphatic rings. The largest absolute Gasteiger partial charge is 0.508 e. The Morgan fingerprint density at radius 1 is 1.00 bits per heavy atom. The van der Waals surface area contributed by atoms with Gasteiger partial charge < -0.3 is 30.3 Å². The van der Waals surface area contributed by atoms with Crippen molar-refractivity contribution < 1.29 is 30.3 Å². The van der Waals surface area contributed by atoms with Crippen LogP contribution in [0.1, 0.15) is 22.5 Å². The number of aliphatic hydroxyl groups is 2. The normalized spacial score (nSPS) is 22.7. The first-order valence-corrected chi connectivity index (χ1v) is 8.48. The minimum absolute atomic E-state index is 0.0627. The smallest absolute Gasteiger partial charge is 0.151 e. The van der Waals surface area contributed by atoms with Crippen LogP contribution in [0, 0.1) is 0 Å². The predicted molar refractivity (Wildman–Crippen MR) is 89.5 cm³/mol. The third-order valence-corrected chi connectivity index (χ3v) is 5.17. The lowest BCUT2D eigenvalue weighted by atomic mass is 9.93. The summed E-state index contributed by atoms with van der Waals surface area (Å²) in [4.78, 5) is 0. The molecular weight excluding hydrogens is 332 g/mol. The summed E-state index contributed by atoms with van der Waals surface area (Å²) in [5.74, 6) is 0.461. The molecule has 7 heteroatoms. The standard InChI is InChI=1S/C17H18O6S/c18-5-6-24-17-14-12(21)7-11(20)8-13(14)23-16(15(17)22)9-1-3-10(19)4-2-9/h1-4,7-8,15-22H,5-6H2/t15-,16+,17-/m0/s1. The summed E-state index contributed by atoms with van der Waals surface area (Å²) in [7, 11) is 0. The van der Waals surface area contributed by atoms with E-state index >= 15 is 0 Å². The van der Waals surface area contributed by atoms with Gasteiger partial charge in [-0.3, -0.25) is 0 Å². The number of phenols is 3. The van der Waals surface area contributed by atoms with Crippen molar-refractivity contribution in [2.45, 2.75) is 17.5 Å². The lowest BCUT2D eigenvalue weighted by Crippen LogP contribution is -2.33. The van der Waals surface area contributed by atoms with E-state index in [9.17, 15) is 20.4 Å². The van der Waals surface area contributed by atoms with E-state index in [1.54, 1.807) is 12.1 Å². The van der Waals surface area contributed by atoms with E-state index < -0.39 is 17.5 Å². The molecule has 2 aromatic rings. The third kappa shape index (κ3) is 3.10. The Kier molecular flexibility index (Phi) is 4.75. The summed E-state index contributed by atoms with van der Waals surface area (Å²) in [6.45, 7) is -0.0627. The summed E-state index contributed by atoms with van der Waals surface area (Å²) in [5.41, 5.74) is 1.05. The van der Waals surface area contributed by atoms with Crippen LogP contribution in [0.25, 0.3) is 0 Å². The summed E-state index contributed by atoms with van der Waals surface area (Å²) in [6.07, 6.45) is -1.70. The number of ether oxygens (including phenoxy) is 1. The number of phenolic OH excluding ortho intramolecular Hbond substituents is 3. The van der Waals surface area contributed by atoms with Crippen LogP contribution in [0.4, 0.5) is 0 Å². The molecule has 0 unspecified atom stereocenters. The summed E-state index contributed by atoms with van der Waals surface area (Å²) < 4.78 is 5.81. The predicted octanol–water partition coefficient (Wildman–Crippen LogP) is 2.06. The van der Waals surface area contributed by atoms with Gasteiger partial charge in [0.05, 0.1) is 17.4 Å². The van der Waals surface area contributed by atoms with Gasteiger partial charge in [-0.05, 0) is 17.7 Å². The van der Waals surface area contributed by atoms with Gasteiger partial charge in [-0.1, -0.05) is 12.1 Å². The van der Waals surface area contributed by atoms with Crippen molar-refractivity contribution in [2.75, 3.05) is 12.4 Å². The third-order valence-electron chi connectivity index (χ3n) is 3.87. The van der Waals surface area contributed by atoms with E-state index in [4.69, 9.17) is 9.84 Å². The molecule has 0 saturated heterocycles. The highest BCUT2D eigenvalue weighted by Crippen LogP contribution is 2.52. The Balaban J connectivity index is 2.03. The lowest BCUT2D eigenvalue weighted by molar-refractivity contribution is 0.0175. The van der Waals surface area contributed by atoms with Crippen LogP contribution >= 0.6 is 11.8 Å². The number of aromatic hydroxyl groups is 3. The number of hydrogen-bond donors (Lipinski definition) is 5. The highest BCUT2D eigenvalue weighted by atomic mass is 32.2. The van der Waals surface area contributed by atoms with Gasteiger partial charge >= 0.3 is 0 Å². The van der Waals surface area contributed by atoms with E-state index in [0.29, 0.717) is 16.9 Å². The highest BCUT2D eigenvalue weighted by Gasteiger charge is 2.40. The first kappa shape index (κ1) is 16.8. The van der Waals surface area contributed by atoms with Crippen molar-refractivity contribution >= 4 is 11.8 Å². The van der Waals surface area contributed by atoms with Gasteiger partial charge in [0, 0.05) is 17.9 Å². The quantitative estimate of drug-likeness (QED) is 0.574. The number of hydrogen-bond acceptors (Lipinski definition) is 7. The second-order valence-corrected chi connectivity index (χ2v) is 6.76. The second-order valence-electron chi connectivity index (χ2n) is 5.51. The molecule has 5 N–H and O–H groups in total. The maximum absolute atomic E-state index is 10.8. The Bertz CT molecular complexity index is 718. The van der Waals surface area contributed by atoms with Gasteiger partial charge in [0.25, 0.3) is 0 Å². The van der Waals surface area contributed by atoms with Crippen LogP contribution in [0.3, 0.4) is 0 Å². The minimum Gasteiger partial charge on any atom is -0.508 e. The van der Waals surface area contributed by atoms with Gasteiger partial charge in [-0.25, -0.2) is 0 Å².